The summed E-state index contributed by atoms with van der Waals surface area (Å²) in [5.74, 6) is 0.479. The van der Waals surface area contributed by atoms with Crippen molar-refractivity contribution in [3.8, 4) is 0 Å². The molecule has 1 fully saturated rings. The minimum absolute atomic E-state index is 0.0648. The van der Waals surface area contributed by atoms with Crippen LogP contribution >= 0.6 is 0 Å². The second kappa shape index (κ2) is 8.60. The molecule has 1 saturated heterocycles. The zero-order chi connectivity index (χ0) is 15.1. The number of rotatable bonds is 8. The number of hydrogen-bond donors (Lipinski definition) is 2. The molecule has 3 atom stereocenters. The van der Waals surface area contributed by atoms with Crippen molar-refractivity contribution in [2.45, 2.75) is 39.3 Å². The highest BCUT2D eigenvalue weighted by atomic mass is 16.5. The van der Waals surface area contributed by atoms with E-state index in [-0.39, 0.29) is 23.9 Å². The lowest BCUT2D eigenvalue weighted by Gasteiger charge is -2.28. The van der Waals surface area contributed by atoms with Crippen molar-refractivity contribution < 1.29 is 9.53 Å². The van der Waals surface area contributed by atoms with Crippen LogP contribution < -0.4 is 10.6 Å². The summed E-state index contributed by atoms with van der Waals surface area (Å²) in [5.41, 5.74) is 0. The van der Waals surface area contributed by atoms with Crippen molar-refractivity contribution in [3.63, 3.8) is 0 Å². The van der Waals surface area contributed by atoms with Crippen LogP contribution in [0.2, 0.25) is 0 Å². The lowest BCUT2D eigenvalue weighted by atomic mass is 9.99. The predicted octanol–water partition coefficient (Wildman–Crippen LogP) is 0.703. The number of nitrogens with zero attached hydrogens (tertiary/aromatic N) is 1. The maximum Gasteiger partial charge on any atom is 0.227 e. The third-order valence-corrected chi connectivity index (χ3v) is 3.77. The fraction of sp³-hybridized carbons (Fsp3) is 0.933. The van der Waals surface area contributed by atoms with Gasteiger partial charge in [0, 0.05) is 18.6 Å². The summed E-state index contributed by atoms with van der Waals surface area (Å²) in [6.45, 7) is 9.38. The van der Waals surface area contributed by atoms with Crippen LogP contribution in [0.15, 0.2) is 0 Å². The van der Waals surface area contributed by atoms with E-state index in [1.54, 1.807) is 0 Å². The van der Waals surface area contributed by atoms with Gasteiger partial charge in [-0.25, -0.2) is 0 Å². The van der Waals surface area contributed by atoms with E-state index in [0.29, 0.717) is 19.1 Å². The van der Waals surface area contributed by atoms with E-state index in [4.69, 9.17) is 4.74 Å². The summed E-state index contributed by atoms with van der Waals surface area (Å²) in [6, 6.07) is 0.340. The Morgan fingerprint density at radius 1 is 1.35 bits per heavy atom. The standard InChI is InChI=1S/C15H31N3O2/c1-6-7-16-14-10-20-9-12(14)15(19)17-13(11(2)3)8-18(4)5/h11-14,16H,6-10H2,1-5H3,(H,17,19). The maximum atomic E-state index is 12.5. The number of hydrogen-bond acceptors (Lipinski definition) is 4. The van der Waals surface area contributed by atoms with Gasteiger partial charge in [0.1, 0.15) is 0 Å². The first kappa shape index (κ1) is 17.4. The van der Waals surface area contributed by atoms with E-state index in [9.17, 15) is 4.79 Å². The topological polar surface area (TPSA) is 53.6 Å². The highest BCUT2D eigenvalue weighted by molar-refractivity contribution is 5.80. The third kappa shape index (κ3) is 5.38. The fourth-order valence-electron chi connectivity index (χ4n) is 2.45. The van der Waals surface area contributed by atoms with Gasteiger partial charge in [0.15, 0.2) is 0 Å². The van der Waals surface area contributed by atoms with Gasteiger partial charge in [-0.1, -0.05) is 20.8 Å². The van der Waals surface area contributed by atoms with E-state index in [2.05, 4.69) is 36.3 Å². The van der Waals surface area contributed by atoms with Crippen molar-refractivity contribution in [1.82, 2.24) is 15.5 Å². The number of nitrogens with one attached hydrogen (secondary N) is 2. The second-order valence-electron chi connectivity index (χ2n) is 6.33. The molecule has 2 N–H and O–H groups in total. The zero-order valence-corrected chi connectivity index (χ0v) is 13.6. The van der Waals surface area contributed by atoms with Gasteiger partial charge in [-0.2, -0.15) is 0 Å². The second-order valence-corrected chi connectivity index (χ2v) is 6.33. The number of likely N-dealkylation sites (N-methyl/N-ethyl adjacent to an activating group) is 1. The smallest absolute Gasteiger partial charge is 0.227 e. The first-order chi connectivity index (χ1) is 9.45. The molecule has 5 heteroatoms. The van der Waals surface area contributed by atoms with Crippen LogP contribution in [0.5, 0.6) is 0 Å². The van der Waals surface area contributed by atoms with Gasteiger partial charge < -0.3 is 20.3 Å². The largest absolute Gasteiger partial charge is 0.379 e. The lowest BCUT2D eigenvalue weighted by Crippen LogP contribution is -2.51. The monoisotopic (exact) mass is 285 g/mol. The van der Waals surface area contributed by atoms with E-state index < -0.39 is 0 Å². The number of carbonyl (C=O) groups excluding carboxylic acids is 1. The molecule has 0 spiro atoms. The SMILES string of the molecule is CCCNC1COCC1C(=O)NC(CN(C)C)C(C)C. The van der Waals surface area contributed by atoms with E-state index in [1.807, 2.05) is 14.1 Å². The van der Waals surface area contributed by atoms with Gasteiger partial charge in [0.25, 0.3) is 0 Å². The van der Waals surface area contributed by atoms with Crippen molar-refractivity contribution in [2.24, 2.45) is 11.8 Å². The molecule has 1 amide bonds. The van der Waals surface area contributed by atoms with Crippen molar-refractivity contribution >= 4 is 5.91 Å². The van der Waals surface area contributed by atoms with Crippen LogP contribution in [0, 0.1) is 11.8 Å². The Morgan fingerprint density at radius 2 is 2.05 bits per heavy atom. The Balaban J connectivity index is 2.54. The lowest BCUT2D eigenvalue weighted by molar-refractivity contribution is -0.126. The first-order valence-corrected chi connectivity index (χ1v) is 7.71. The fourth-order valence-corrected chi connectivity index (χ4v) is 2.45. The molecule has 0 aromatic carbocycles. The first-order valence-electron chi connectivity index (χ1n) is 7.71. The van der Waals surface area contributed by atoms with Crippen molar-refractivity contribution in [2.75, 3.05) is 40.4 Å². The highest BCUT2D eigenvalue weighted by Gasteiger charge is 2.34. The van der Waals surface area contributed by atoms with Gasteiger partial charge in [-0.15, -0.1) is 0 Å². The van der Waals surface area contributed by atoms with Gasteiger partial charge in [-0.05, 0) is 33.0 Å². The zero-order valence-electron chi connectivity index (χ0n) is 13.6. The average Bonchev–Trinajstić information content (AvgIpc) is 2.83. The molecule has 1 heterocycles. The molecule has 20 heavy (non-hydrogen) atoms. The molecule has 0 aliphatic carbocycles. The summed E-state index contributed by atoms with van der Waals surface area (Å²) in [6.07, 6.45) is 1.07. The normalized spacial score (nSPS) is 24.4. The maximum absolute atomic E-state index is 12.5. The molecule has 5 nitrogen and oxygen atoms in total. The van der Waals surface area contributed by atoms with Crippen LogP contribution in [0.3, 0.4) is 0 Å². The summed E-state index contributed by atoms with van der Waals surface area (Å²) in [4.78, 5) is 14.6. The molecule has 0 saturated carbocycles. The predicted molar refractivity (Wildman–Crippen MR) is 81.7 cm³/mol. The van der Waals surface area contributed by atoms with E-state index >= 15 is 0 Å². The summed E-state index contributed by atoms with van der Waals surface area (Å²) in [7, 11) is 4.07. The van der Waals surface area contributed by atoms with Crippen LogP contribution in [-0.4, -0.2) is 63.3 Å². The van der Waals surface area contributed by atoms with Gasteiger partial charge in [0.2, 0.25) is 5.91 Å². The summed E-state index contributed by atoms with van der Waals surface area (Å²) >= 11 is 0. The molecule has 0 aromatic rings. The third-order valence-electron chi connectivity index (χ3n) is 3.77. The number of ether oxygens (including phenoxy) is 1. The van der Waals surface area contributed by atoms with Crippen molar-refractivity contribution in [1.29, 1.82) is 0 Å². The van der Waals surface area contributed by atoms with Crippen LogP contribution in [-0.2, 0) is 9.53 Å². The Labute approximate surface area is 123 Å². The van der Waals surface area contributed by atoms with E-state index in [0.717, 1.165) is 19.5 Å². The molecule has 1 aliphatic rings. The molecule has 0 bridgehead atoms. The Morgan fingerprint density at radius 3 is 2.60 bits per heavy atom. The Kier molecular flexibility index (Phi) is 7.48. The average molecular weight is 285 g/mol. The molecule has 0 radical (unpaired) electrons. The van der Waals surface area contributed by atoms with Crippen LogP contribution in [0.4, 0.5) is 0 Å². The van der Waals surface area contributed by atoms with E-state index in [1.165, 1.54) is 0 Å². The number of amides is 1. The molecule has 0 aromatic heterocycles. The minimum Gasteiger partial charge on any atom is -0.379 e. The Bertz CT molecular complexity index is 295. The minimum atomic E-state index is -0.0648. The van der Waals surface area contributed by atoms with Crippen LogP contribution in [0.1, 0.15) is 27.2 Å². The van der Waals surface area contributed by atoms with Crippen molar-refractivity contribution in [3.05, 3.63) is 0 Å². The molecule has 1 rings (SSSR count). The molecule has 1 aliphatic heterocycles. The molecule has 3 unspecified atom stereocenters. The van der Waals surface area contributed by atoms with Gasteiger partial charge >= 0.3 is 0 Å². The van der Waals surface area contributed by atoms with Gasteiger partial charge in [0.05, 0.1) is 19.1 Å². The molecular formula is C15H31N3O2. The molecule has 118 valence electrons. The van der Waals surface area contributed by atoms with Gasteiger partial charge in [-0.3, -0.25) is 4.79 Å². The quantitative estimate of drug-likeness (QED) is 0.689. The Hall–Kier alpha value is -0.650. The molecular weight excluding hydrogens is 254 g/mol. The highest BCUT2D eigenvalue weighted by Crippen LogP contribution is 2.15. The summed E-state index contributed by atoms with van der Waals surface area (Å²) < 4.78 is 5.48. The summed E-state index contributed by atoms with van der Waals surface area (Å²) in [5, 5.41) is 6.60. The number of carbonyl (C=O) groups is 1. The van der Waals surface area contributed by atoms with Crippen LogP contribution in [0.25, 0.3) is 0 Å².